The molecule has 0 saturated heterocycles. The Bertz CT molecular complexity index is 579. The van der Waals surface area contributed by atoms with Crippen molar-refractivity contribution in [3.05, 3.63) is 35.4 Å². The molecule has 0 bridgehead atoms. The second-order valence-corrected chi connectivity index (χ2v) is 6.82. The SMILES string of the molecule is Cc1cccc(C[C@H](CNC(=O)[C@H]2C[C@H]2C2CC2)C(=O)O)c1. The predicted molar refractivity (Wildman–Crippen MR) is 83.3 cm³/mol. The van der Waals surface area contributed by atoms with Gasteiger partial charge in [-0.25, -0.2) is 0 Å². The van der Waals surface area contributed by atoms with Crippen LogP contribution in [0.4, 0.5) is 0 Å². The van der Waals surface area contributed by atoms with E-state index in [1.54, 1.807) is 0 Å². The highest BCUT2D eigenvalue weighted by Crippen LogP contribution is 2.54. The van der Waals surface area contributed by atoms with E-state index < -0.39 is 11.9 Å². The molecule has 118 valence electrons. The molecule has 2 aliphatic rings. The van der Waals surface area contributed by atoms with Gasteiger partial charge in [0.2, 0.25) is 5.91 Å². The molecule has 1 aromatic rings. The molecule has 0 unspecified atom stereocenters. The number of hydrogen-bond acceptors (Lipinski definition) is 2. The smallest absolute Gasteiger partial charge is 0.308 e. The number of carboxylic acids is 1. The van der Waals surface area contributed by atoms with Crippen LogP contribution in [0, 0.1) is 30.6 Å². The normalized spacial score (nSPS) is 24.6. The highest BCUT2D eigenvalue weighted by Gasteiger charge is 2.51. The van der Waals surface area contributed by atoms with E-state index in [0.717, 1.165) is 23.5 Å². The number of carbonyl (C=O) groups excluding carboxylic acids is 1. The number of hydrogen-bond donors (Lipinski definition) is 2. The van der Waals surface area contributed by atoms with Crippen molar-refractivity contribution in [2.75, 3.05) is 6.54 Å². The van der Waals surface area contributed by atoms with E-state index in [-0.39, 0.29) is 18.4 Å². The molecule has 3 atom stereocenters. The average molecular weight is 301 g/mol. The van der Waals surface area contributed by atoms with E-state index in [2.05, 4.69) is 5.32 Å². The maximum atomic E-state index is 12.1. The quantitative estimate of drug-likeness (QED) is 0.812. The molecule has 4 nitrogen and oxygen atoms in total. The van der Waals surface area contributed by atoms with Crippen molar-refractivity contribution >= 4 is 11.9 Å². The van der Waals surface area contributed by atoms with Gasteiger partial charge in [0.15, 0.2) is 0 Å². The Morgan fingerprint density at radius 3 is 2.77 bits per heavy atom. The van der Waals surface area contributed by atoms with Crippen molar-refractivity contribution in [1.82, 2.24) is 5.32 Å². The fourth-order valence-corrected chi connectivity index (χ4v) is 3.29. The van der Waals surface area contributed by atoms with Crippen LogP contribution in [0.1, 0.15) is 30.4 Å². The Balaban J connectivity index is 1.51. The standard InChI is InChI=1S/C18H23NO3/c1-11-3-2-4-12(7-11)8-14(18(21)22)10-19-17(20)16-9-15(16)13-5-6-13/h2-4,7,13-16H,5-6,8-10H2,1H3,(H,19,20)(H,21,22)/t14-,15+,16+/m1/s1. The summed E-state index contributed by atoms with van der Waals surface area (Å²) in [6, 6.07) is 7.87. The van der Waals surface area contributed by atoms with E-state index in [1.165, 1.54) is 12.8 Å². The third-order valence-corrected chi connectivity index (χ3v) is 4.84. The summed E-state index contributed by atoms with van der Waals surface area (Å²) in [6.45, 7) is 2.21. The minimum Gasteiger partial charge on any atom is -0.481 e. The summed E-state index contributed by atoms with van der Waals surface area (Å²) in [6.07, 6.45) is 3.97. The number of benzene rings is 1. The fourth-order valence-electron chi connectivity index (χ4n) is 3.29. The highest BCUT2D eigenvalue weighted by molar-refractivity contribution is 5.82. The second-order valence-electron chi connectivity index (χ2n) is 6.82. The third-order valence-electron chi connectivity index (χ3n) is 4.84. The lowest BCUT2D eigenvalue weighted by atomic mass is 9.98. The summed E-state index contributed by atoms with van der Waals surface area (Å²) in [5.74, 6) is 0.104. The van der Waals surface area contributed by atoms with Gasteiger partial charge in [-0.05, 0) is 50.0 Å². The largest absolute Gasteiger partial charge is 0.481 e. The molecule has 2 fully saturated rings. The molecule has 0 aromatic heterocycles. The predicted octanol–water partition coefficient (Wildman–Crippen LogP) is 2.40. The van der Waals surface area contributed by atoms with Gasteiger partial charge in [0, 0.05) is 12.5 Å². The first kappa shape index (κ1) is 15.1. The van der Waals surface area contributed by atoms with Crippen molar-refractivity contribution in [1.29, 1.82) is 0 Å². The minimum atomic E-state index is -0.851. The molecule has 1 aromatic carbocycles. The molecule has 0 spiro atoms. The van der Waals surface area contributed by atoms with Crippen LogP contribution >= 0.6 is 0 Å². The summed E-state index contributed by atoms with van der Waals surface area (Å²) in [7, 11) is 0. The Labute approximate surface area is 130 Å². The van der Waals surface area contributed by atoms with Crippen LogP contribution in [0.3, 0.4) is 0 Å². The lowest BCUT2D eigenvalue weighted by Crippen LogP contribution is -2.35. The van der Waals surface area contributed by atoms with Gasteiger partial charge in [-0.3, -0.25) is 9.59 Å². The van der Waals surface area contributed by atoms with Gasteiger partial charge in [0.25, 0.3) is 0 Å². The second kappa shape index (κ2) is 6.11. The van der Waals surface area contributed by atoms with Crippen molar-refractivity contribution in [2.24, 2.45) is 23.7 Å². The summed E-state index contributed by atoms with van der Waals surface area (Å²) >= 11 is 0. The van der Waals surface area contributed by atoms with Gasteiger partial charge in [-0.2, -0.15) is 0 Å². The fraction of sp³-hybridized carbons (Fsp3) is 0.556. The van der Waals surface area contributed by atoms with E-state index in [0.29, 0.717) is 12.3 Å². The first-order valence-corrected chi connectivity index (χ1v) is 8.10. The van der Waals surface area contributed by atoms with Gasteiger partial charge in [-0.1, -0.05) is 29.8 Å². The number of carboxylic acid groups (broad SMARTS) is 1. The van der Waals surface area contributed by atoms with E-state index in [4.69, 9.17) is 0 Å². The third kappa shape index (κ3) is 3.67. The Morgan fingerprint density at radius 2 is 2.14 bits per heavy atom. The molecule has 1 amide bonds. The number of carbonyl (C=O) groups is 2. The van der Waals surface area contributed by atoms with Gasteiger partial charge >= 0.3 is 5.97 Å². The number of aliphatic carboxylic acids is 1. The number of rotatable bonds is 7. The summed E-state index contributed by atoms with van der Waals surface area (Å²) in [4.78, 5) is 23.5. The molecular weight excluding hydrogens is 278 g/mol. The van der Waals surface area contributed by atoms with Crippen LogP contribution in [0.15, 0.2) is 24.3 Å². The molecule has 2 aliphatic carbocycles. The zero-order valence-electron chi connectivity index (χ0n) is 12.9. The van der Waals surface area contributed by atoms with Crippen LogP contribution in [0.2, 0.25) is 0 Å². The van der Waals surface area contributed by atoms with Crippen LogP contribution in [-0.4, -0.2) is 23.5 Å². The Hall–Kier alpha value is -1.84. The van der Waals surface area contributed by atoms with Crippen LogP contribution in [0.5, 0.6) is 0 Å². The van der Waals surface area contributed by atoms with Crippen molar-refractivity contribution in [2.45, 2.75) is 32.6 Å². The van der Waals surface area contributed by atoms with Crippen LogP contribution < -0.4 is 5.32 Å². The van der Waals surface area contributed by atoms with E-state index in [9.17, 15) is 14.7 Å². The van der Waals surface area contributed by atoms with Gasteiger partial charge in [0.05, 0.1) is 5.92 Å². The maximum Gasteiger partial charge on any atom is 0.308 e. The van der Waals surface area contributed by atoms with E-state index in [1.807, 2.05) is 31.2 Å². The number of amides is 1. The first-order valence-electron chi connectivity index (χ1n) is 8.10. The first-order chi connectivity index (χ1) is 10.5. The van der Waals surface area contributed by atoms with Gasteiger partial charge < -0.3 is 10.4 Å². The molecule has 3 rings (SSSR count). The summed E-state index contributed by atoms with van der Waals surface area (Å²) in [5.41, 5.74) is 2.12. The summed E-state index contributed by atoms with van der Waals surface area (Å²) in [5, 5.41) is 12.2. The van der Waals surface area contributed by atoms with Crippen LogP contribution in [0.25, 0.3) is 0 Å². The Morgan fingerprint density at radius 1 is 1.36 bits per heavy atom. The molecule has 22 heavy (non-hydrogen) atoms. The highest BCUT2D eigenvalue weighted by atomic mass is 16.4. The maximum absolute atomic E-state index is 12.1. The van der Waals surface area contributed by atoms with Gasteiger partial charge in [-0.15, -0.1) is 0 Å². The molecule has 0 aliphatic heterocycles. The van der Waals surface area contributed by atoms with Crippen molar-refractivity contribution in [3.8, 4) is 0 Å². The van der Waals surface area contributed by atoms with Gasteiger partial charge in [0.1, 0.15) is 0 Å². The van der Waals surface area contributed by atoms with Crippen molar-refractivity contribution < 1.29 is 14.7 Å². The van der Waals surface area contributed by atoms with Crippen LogP contribution in [-0.2, 0) is 16.0 Å². The number of nitrogens with one attached hydrogen (secondary N) is 1. The lowest BCUT2D eigenvalue weighted by Gasteiger charge is -2.14. The van der Waals surface area contributed by atoms with E-state index >= 15 is 0 Å². The zero-order chi connectivity index (χ0) is 15.7. The minimum absolute atomic E-state index is 0.0485. The lowest BCUT2D eigenvalue weighted by molar-refractivity contribution is -0.141. The number of aryl methyl sites for hydroxylation is 1. The molecule has 0 radical (unpaired) electrons. The average Bonchev–Trinajstić information content (AvgIpc) is 3.35. The monoisotopic (exact) mass is 301 g/mol. The molecular formula is C18H23NO3. The molecule has 2 N–H and O–H groups in total. The summed E-state index contributed by atoms with van der Waals surface area (Å²) < 4.78 is 0. The Kier molecular flexibility index (Phi) is 4.19. The molecule has 2 saturated carbocycles. The zero-order valence-corrected chi connectivity index (χ0v) is 12.9. The molecule has 4 heteroatoms. The topological polar surface area (TPSA) is 66.4 Å². The molecule has 0 heterocycles. The van der Waals surface area contributed by atoms with Crippen molar-refractivity contribution in [3.63, 3.8) is 0 Å².